The molecule has 0 aliphatic rings. The molecule has 0 fully saturated rings. The zero-order valence-electron chi connectivity index (χ0n) is 35.0. The van der Waals surface area contributed by atoms with E-state index >= 15 is 0 Å². The quantitative estimate of drug-likeness (QED) is 0.152. The molecule has 0 atom stereocenters. The second-order valence-corrected chi connectivity index (χ2v) is 16.4. The van der Waals surface area contributed by atoms with Crippen molar-refractivity contribution in [2.75, 3.05) is 4.90 Å². The van der Waals surface area contributed by atoms with E-state index in [4.69, 9.17) is 4.42 Å². The van der Waals surface area contributed by atoms with Gasteiger partial charge in [0.15, 0.2) is 0 Å². The van der Waals surface area contributed by atoms with Crippen LogP contribution in [0.4, 0.5) is 17.1 Å². The van der Waals surface area contributed by atoms with Gasteiger partial charge >= 0.3 is 0 Å². The molecule has 0 unspecified atom stereocenters. The molecule has 0 aliphatic heterocycles. The number of anilines is 3. The molecule has 0 aliphatic carbocycles. The predicted octanol–water partition coefficient (Wildman–Crippen LogP) is 17.7. The number of furan rings is 1. The molecule has 0 radical (unpaired) electrons. The van der Waals surface area contributed by atoms with Crippen LogP contribution in [0.25, 0.3) is 99.1 Å². The van der Waals surface area contributed by atoms with Gasteiger partial charge in [0.25, 0.3) is 0 Å². The van der Waals surface area contributed by atoms with E-state index in [9.17, 15) is 0 Å². The smallest absolute Gasteiger partial charge is 0.143 e. The first kappa shape index (κ1) is 37.3. The van der Waals surface area contributed by atoms with E-state index in [0.717, 1.165) is 55.7 Å². The minimum absolute atomic E-state index is 0.904. The van der Waals surface area contributed by atoms with Crippen molar-refractivity contribution in [2.45, 2.75) is 0 Å². The lowest BCUT2D eigenvalue weighted by atomic mass is 9.91. The molecule has 2 nitrogen and oxygen atoms in total. The highest BCUT2D eigenvalue weighted by molar-refractivity contribution is 6.09. The minimum atomic E-state index is 0.904. The Morgan fingerprint density at radius 1 is 0.234 bits per heavy atom. The van der Waals surface area contributed by atoms with Gasteiger partial charge < -0.3 is 9.32 Å². The van der Waals surface area contributed by atoms with Crippen molar-refractivity contribution in [3.8, 4) is 55.6 Å². The van der Waals surface area contributed by atoms with Gasteiger partial charge in [-0.1, -0.05) is 206 Å². The summed E-state index contributed by atoms with van der Waals surface area (Å²) in [6, 6.07) is 89.6. The number of fused-ring (bicyclic) bond motifs is 5. The number of benzene rings is 11. The average Bonchev–Trinajstić information content (AvgIpc) is 3.76. The summed E-state index contributed by atoms with van der Waals surface area (Å²) < 4.78 is 6.43. The molecule has 11 aromatic carbocycles. The zero-order valence-corrected chi connectivity index (χ0v) is 35.0. The normalized spacial score (nSPS) is 11.4. The van der Waals surface area contributed by atoms with Crippen molar-refractivity contribution in [3.05, 3.63) is 249 Å². The summed E-state index contributed by atoms with van der Waals surface area (Å²) in [5.41, 5.74) is 16.9. The lowest BCUT2D eigenvalue weighted by molar-refractivity contribution is 0.670. The third kappa shape index (κ3) is 6.61. The molecule has 0 saturated heterocycles. The largest absolute Gasteiger partial charge is 0.455 e. The lowest BCUT2D eigenvalue weighted by Gasteiger charge is -2.26. The van der Waals surface area contributed by atoms with Crippen molar-refractivity contribution in [1.29, 1.82) is 0 Å². The molecule has 2 heteroatoms. The number of hydrogen-bond donors (Lipinski definition) is 0. The number of nitrogens with zero attached hydrogens (tertiary/aromatic N) is 1. The molecule has 1 aromatic heterocycles. The van der Waals surface area contributed by atoms with E-state index in [1.165, 1.54) is 60.5 Å². The van der Waals surface area contributed by atoms with Crippen LogP contribution in [0.15, 0.2) is 253 Å². The van der Waals surface area contributed by atoms with Gasteiger partial charge in [-0.05, 0) is 114 Å². The Labute approximate surface area is 372 Å². The Morgan fingerprint density at radius 3 is 1.25 bits per heavy atom. The fourth-order valence-electron chi connectivity index (χ4n) is 9.55. The maximum atomic E-state index is 6.43. The van der Waals surface area contributed by atoms with E-state index in [0.29, 0.717) is 0 Å². The highest BCUT2D eigenvalue weighted by atomic mass is 16.3. The molecule has 300 valence electrons. The summed E-state index contributed by atoms with van der Waals surface area (Å²) in [5.74, 6) is 0. The molecular weight excluding hydrogens is 775 g/mol. The summed E-state index contributed by atoms with van der Waals surface area (Å²) in [6.45, 7) is 0. The van der Waals surface area contributed by atoms with Crippen LogP contribution in [0, 0.1) is 0 Å². The molecule has 0 amide bonds. The van der Waals surface area contributed by atoms with Crippen molar-refractivity contribution in [2.24, 2.45) is 0 Å². The van der Waals surface area contributed by atoms with E-state index in [1.807, 2.05) is 12.1 Å². The van der Waals surface area contributed by atoms with Crippen LogP contribution < -0.4 is 4.90 Å². The summed E-state index contributed by atoms with van der Waals surface area (Å²) >= 11 is 0. The van der Waals surface area contributed by atoms with Crippen LogP contribution in [-0.2, 0) is 0 Å². The van der Waals surface area contributed by atoms with E-state index in [2.05, 4.69) is 241 Å². The monoisotopic (exact) mass is 815 g/mol. The molecule has 12 rings (SSSR count). The van der Waals surface area contributed by atoms with Crippen LogP contribution in [0.1, 0.15) is 0 Å². The maximum absolute atomic E-state index is 6.43. The summed E-state index contributed by atoms with van der Waals surface area (Å²) in [7, 11) is 0. The molecule has 1 heterocycles. The van der Waals surface area contributed by atoms with Crippen molar-refractivity contribution >= 4 is 60.5 Å². The standard InChI is InChI=1S/C62H41NO/c1-3-16-52-44(12-1)14-9-21-53(52)47-32-38-50(39-33-47)63(51-40-34-48(35-41-51)56-22-11-24-60-59-20-7-8-25-61(59)64-62(56)60)49-36-30-43(31-37-49)42-26-28-46(29-27-42)55-18-5-6-19-57(55)58-23-10-15-45-13-2-4-17-54(45)58/h1-41H. The Hall–Kier alpha value is -8.46. The Kier molecular flexibility index (Phi) is 9.20. The van der Waals surface area contributed by atoms with Crippen LogP contribution in [0.5, 0.6) is 0 Å². The fourth-order valence-corrected chi connectivity index (χ4v) is 9.55. The Bertz CT molecular complexity index is 3630. The van der Waals surface area contributed by atoms with Crippen LogP contribution in [0.3, 0.4) is 0 Å². The van der Waals surface area contributed by atoms with E-state index in [-0.39, 0.29) is 0 Å². The number of para-hydroxylation sites is 2. The highest BCUT2D eigenvalue weighted by Gasteiger charge is 2.17. The van der Waals surface area contributed by atoms with E-state index < -0.39 is 0 Å². The first-order valence-corrected chi connectivity index (χ1v) is 21.9. The molecule has 0 spiro atoms. The fraction of sp³-hybridized carbons (Fsp3) is 0. The lowest BCUT2D eigenvalue weighted by Crippen LogP contribution is -2.09. The third-order valence-electron chi connectivity index (χ3n) is 12.7. The molecule has 0 N–H and O–H groups in total. The summed E-state index contributed by atoms with van der Waals surface area (Å²) in [5, 5.41) is 7.27. The second kappa shape index (κ2) is 15.8. The Balaban J connectivity index is 0.892. The SMILES string of the molecule is c1ccc(-c2cccc3ccccc23)c(-c2ccc(-c3ccc(N(c4ccc(-c5cccc6ccccc56)cc4)c4ccc(-c5cccc6c5oc5ccccc56)cc4)cc3)cc2)c1. The maximum Gasteiger partial charge on any atom is 0.143 e. The molecule has 64 heavy (non-hydrogen) atoms. The number of hydrogen-bond acceptors (Lipinski definition) is 2. The van der Waals surface area contributed by atoms with Gasteiger partial charge in [0.1, 0.15) is 11.2 Å². The van der Waals surface area contributed by atoms with Crippen molar-refractivity contribution in [3.63, 3.8) is 0 Å². The number of rotatable bonds is 8. The van der Waals surface area contributed by atoms with Gasteiger partial charge in [-0.25, -0.2) is 0 Å². The second-order valence-electron chi connectivity index (χ2n) is 16.4. The van der Waals surface area contributed by atoms with Gasteiger partial charge in [0.05, 0.1) is 0 Å². The predicted molar refractivity (Wildman–Crippen MR) is 271 cm³/mol. The average molecular weight is 816 g/mol. The summed E-state index contributed by atoms with van der Waals surface area (Å²) in [6.07, 6.45) is 0. The minimum Gasteiger partial charge on any atom is -0.455 e. The van der Waals surface area contributed by atoms with Gasteiger partial charge in [0.2, 0.25) is 0 Å². The van der Waals surface area contributed by atoms with Gasteiger partial charge in [-0.2, -0.15) is 0 Å². The van der Waals surface area contributed by atoms with Gasteiger partial charge in [0, 0.05) is 33.4 Å². The Morgan fingerprint density at radius 2 is 0.609 bits per heavy atom. The van der Waals surface area contributed by atoms with Gasteiger partial charge in [-0.3, -0.25) is 0 Å². The first-order valence-electron chi connectivity index (χ1n) is 21.9. The molecule has 0 saturated carbocycles. The zero-order chi connectivity index (χ0) is 42.4. The third-order valence-corrected chi connectivity index (χ3v) is 12.7. The topological polar surface area (TPSA) is 16.4 Å². The highest BCUT2D eigenvalue weighted by Crippen LogP contribution is 2.42. The van der Waals surface area contributed by atoms with Crippen LogP contribution in [0.2, 0.25) is 0 Å². The molecule has 12 aromatic rings. The van der Waals surface area contributed by atoms with E-state index in [1.54, 1.807) is 0 Å². The molecule has 0 bridgehead atoms. The molecular formula is C62H41NO. The van der Waals surface area contributed by atoms with Gasteiger partial charge in [-0.15, -0.1) is 0 Å². The summed E-state index contributed by atoms with van der Waals surface area (Å²) in [4.78, 5) is 2.34. The van der Waals surface area contributed by atoms with Crippen LogP contribution in [-0.4, -0.2) is 0 Å². The van der Waals surface area contributed by atoms with Crippen molar-refractivity contribution < 1.29 is 4.42 Å². The van der Waals surface area contributed by atoms with Crippen molar-refractivity contribution in [1.82, 2.24) is 0 Å². The first-order chi connectivity index (χ1) is 31.7. The van der Waals surface area contributed by atoms with Crippen LogP contribution >= 0.6 is 0 Å².